The standard InChI is InChI=1S/C23H26F3N3/c1-16(2)27(3)14-17-15-29(20-7-4-6-19(13-20)28-10-5-11-28)22-9-8-18(12-21(17)22)23(24,25)26/h4,6-9,12-13,15-16H,5,10-11,14H2,1-3H3. The van der Waals surface area contributed by atoms with Gasteiger partial charge in [0.15, 0.2) is 0 Å². The van der Waals surface area contributed by atoms with Crippen LogP contribution in [0.3, 0.4) is 0 Å². The lowest BCUT2D eigenvalue weighted by molar-refractivity contribution is -0.137. The molecule has 0 bridgehead atoms. The van der Waals surface area contributed by atoms with Crippen molar-refractivity contribution in [3.63, 3.8) is 0 Å². The SMILES string of the molecule is CC(C)N(C)Cc1cn(-c2cccc(N3CCC3)c2)c2ccc(C(F)(F)F)cc12. The molecule has 2 aromatic carbocycles. The van der Waals surface area contributed by atoms with Gasteiger partial charge in [0.1, 0.15) is 0 Å². The average Bonchev–Trinajstić information content (AvgIpc) is 2.97. The monoisotopic (exact) mass is 401 g/mol. The van der Waals surface area contributed by atoms with Gasteiger partial charge in [0.25, 0.3) is 0 Å². The van der Waals surface area contributed by atoms with E-state index >= 15 is 0 Å². The molecular formula is C23H26F3N3. The normalized spacial score (nSPS) is 14.8. The molecule has 0 aliphatic carbocycles. The molecule has 4 rings (SSSR count). The van der Waals surface area contributed by atoms with Crippen LogP contribution in [0.1, 0.15) is 31.4 Å². The number of nitrogens with zero attached hydrogens (tertiary/aromatic N) is 3. The molecular weight excluding hydrogens is 375 g/mol. The van der Waals surface area contributed by atoms with Crippen LogP contribution in [0.25, 0.3) is 16.6 Å². The minimum Gasteiger partial charge on any atom is -0.371 e. The smallest absolute Gasteiger partial charge is 0.371 e. The molecule has 6 heteroatoms. The molecule has 2 heterocycles. The van der Waals surface area contributed by atoms with Gasteiger partial charge in [-0.2, -0.15) is 13.2 Å². The van der Waals surface area contributed by atoms with Crippen molar-refractivity contribution < 1.29 is 13.2 Å². The van der Waals surface area contributed by atoms with Gasteiger partial charge in [0, 0.05) is 48.6 Å². The molecule has 1 aliphatic heterocycles. The van der Waals surface area contributed by atoms with Crippen LogP contribution in [-0.4, -0.2) is 35.6 Å². The quantitative estimate of drug-likeness (QED) is 0.543. The highest BCUT2D eigenvalue weighted by atomic mass is 19.4. The molecule has 3 nitrogen and oxygen atoms in total. The minimum atomic E-state index is -4.35. The zero-order valence-electron chi connectivity index (χ0n) is 17.0. The molecule has 29 heavy (non-hydrogen) atoms. The first-order valence-corrected chi connectivity index (χ1v) is 10.0. The fourth-order valence-electron chi connectivity index (χ4n) is 3.68. The number of aromatic nitrogens is 1. The lowest BCUT2D eigenvalue weighted by Gasteiger charge is -2.33. The Labute approximate surface area is 169 Å². The first kappa shape index (κ1) is 19.8. The van der Waals surface area contributed by atoms with Crippen LogP contribution in [0.5, 0.6) is 0 Å². The van der Waals surface area contributed by atoms with Crippen LogP contribution in [0.4, 0.5) is 18.9 Å². The van der Waals surface area contributed by atoms with E-state index in [4.69, 9.17) is 0 Å². The lowest BCUT2D eigenvalue weighted by Crippen LogP contribution is -2.36. The van der Waals surface area contributed by atoms with Crippen LogP contribution < -0.4 is 4.90 Å². The second-order valence-electron chi connectivity index (χ2n) is 8.12. The highest BCUT2D eigenvalue weighted by molar-refractivity contribution is 5.86. The average molecular weight is 401 g/mol. The van der Waals surface area contributed by atoms with Gasteiger partial charge in [0.2, 0.25) is 0 Å². The van der Waals surface area contributed by atoms with Crippen molar-refractivity contribution >= 4 is 16.6 Å². The van der Waals surface area contributed by atoms with Crippen LogP contribution in [0.2, 0.25) is 0 Å². The first-order valence-electron chi connectivity index (χ1n) is 10.0. The van der Waals surface area contributed by atoms with Gasteiger partial charge in [-0.3, -0.25) is 4.90 Å². The molecule has 0 radical (unpaired) electrons. The molecule has 0 spiro atoms. The lowest BCUT2D eigenvalue weighted by atomic mass is 10.1. The summed E-state index contributed by atoms with van der Waals surface area (Å²) in [6.45, 7) is 6.85. The van der Waals surface area contributed by atoms with Gasteiger partial charge in [0.05, 0.1) is 11.1 Å². The Morgan fingerprint density at radius 2 is 1.76 bits per heavy atom. The number of hydrogen-bond acceptors (Lipinski definition) is 2. The van der Waals surface area contributed by atoms with Crippen molar-refractivity contribution in [2.45, 2.75) is 39.0 Å². The Bertz CT molecular complexity index is 1020. The fourth-order valence-corrected chi connectivity index (χ4v) is 3.68. The van der Waals surface area contributed by atoms with Crippen molar-refractivity contribution in [2.24, 2.45) is 0 Å². The molecule has 0 amide bonds. The maximum absolute atomic E-state index is 13.3. The first-order chi connectivity index (χ1) is 13.7. The molecule has 3 aromatic rings. The zero-order chi connectivity index (χ0) is 20.8. The van der Waals surface area contributed by atoms with Gasteiger partial charge in [-0.25, -0.2) is 0 Å². The predicted molar refractivity (Wildman–Crippen MR) is 112 cm³/mol. The molecule has 154 valence electrons. The van der Waals surface area contributed by atoms with E-state index in [-0.39, 0.29) is 0 Å². The summed E-state index contributed by atoms with van der Waals surface area (Å²) in [5, 5.41) is 0.654. The molecule has 1 fully saturated rings. The second-order valence-corrected chi connectivity index (χ2v) is 8.12. The third-order valence-electron chi connectivity index (χ3n) is 5.84. The molecule has 1 aromatic heterocycles. The van der Waals surface area contributed by atoms with Gasteiger partial charge < -0.3 is 9.47 Å². The zero-order valence-corrected chi connectivity index (χ0v) is 17.0. The topological polar surface area (TPSA) is 11.4 Å². The van der Waals surface area contributed by atoms with Crippen molar-refractivity contribution in [1.82, 2.24) is 9.47 Å². The summed E-state index contributed by atoms with van der Waals surface area (Å²) in [5.41, 5.74) is 3.22. The van der Waals surface area contributed by atoms with Crippen molar-refractivity contribution in [3.8, 4) is 5.69 Å². The Morgan fingerprint density at radius 3 is 2.38 bits per heavy atom. The molecule has 1 aliphatic rings. The minimum absolute atomic E-state index is 0.300. The summed E-state index contributed by atoms with van der Waals surface area (Å²) in [6, 6.07) is 12.6. The summed E-state index contributed by atoms with van der Waals surface area (Å²) in [6.07, 6.45) is -1.17. The Balaban J connectivity index is 1.83. The Morgan fingerprint density at radius 1 is 1.03 bits per heavy atom. The molecule has 0 atom stereocenters. The predicted octanol–water partition coefficient (Wildman–Crippen LogP) is 5.70. The van der Waals surface area contributed by atoms with Crippen LogP contribution in [-0.2, 0) is 12.7 Å². The number of halogens is 3. The van der Waals surface area contributed by atoms with Gasteiger partial charge >= 0.3 is 6.18 Å². The largest absolute Gasteiger partial charge is 0.416 e. The summed E-state index contributed by atoms with van der Waals surface area (Å²) < 4.78 is 42.0. The molecule has 0 unspecified atom stereocenters. The van der Waals surface area contributed by atoms with Crippen molar-refractivity contribution in [3.05, 3.63) is 59.8 Å². The maximum Gasteiger partial charge on any atom is 0.416 e. The van der Waals surface area contributed by atoms with Gasteiger partial charge in [-0.1, -0.05) is 6.07 Å². The van der Waals surface area contributed by atoms with E-state index in [0.29, 0.717) is 18.0 Å². The maximum atomic E-state index is 13.3. The van der Waals surface area contributed by atoms with Crippen molar-refractivity contribution in [1.29, 1.82) is 0 Å². The summed E-state index contributed by atoms with van der Waals surface area (Å²) in [4.78, 5) is 4.44. The number of hydrogen-bond donors (Lipinski definition) is 0. The van der Waals surface area contributed by atoms with E-state index in [9.17, 15) is 13.2 Å². The van der Waals surface area contributed by atoms with E-state index in [1.165, 1.54) is 18.6 Å². The summed E-state index contributed by atoms with van der Waals surface area (Å²) >= 11 is 0. The van der Waals surface area contributed by atoms with E-state index in [1.54, 1.807) is 6.07 Å². The van der Waals surface area contributed by atoms with E-state index in [1.807, 2.05) is 29.9 Å². The van der Waals surface area contributed by atoms with E-state index < -0.39 is 11.7 Å². The number of benzene rings is 2. The number of anilines is 1. The van der Waals surface area contributed by atoms with Crippen LogP contribution >= 0.6 is 0 Å². The molecule has 0 N–H and O–H groups in total. The summed E-state index contributed by atoms with van der Waals surface area (Å²) in [7, 11) is 1.99. The highest BCUT2D eigenvalue weighted by Gasteiger charge is 2.31. The Hall–Kier alpha value is -2.47. The highest BCUT2D eigenvalue weighted by Crippen LogP contribution is 2.35. The third-order valence-corrected chi connectivity index (χ3v) is 5.84. The van der Waals surface area contributed by atoms with Gasteiger partial charge in [-0.15, -0.1) is 0 Å². The third kappa shape index (κ3) is 3.86. The molecule has 0 saturated carbocycles. The molecule has 1 saturated heterocycles. The summed E-state index contributed by atoms with van der Waals surface area (Å²) in [5.74, 6) is 0. The van der Waals surface area contributed by atoms with E-state index in [2.05, 4.69) is 35.8 Å². The number of alkyl halides is 3. The Kier molecular flexibility index (Phi) is 5.07. The van der Waals surface area contributed by atoms with E-state index in [0.717, 1.165) is 35.5 Å². The van der Waals surface area contributed by atoms with Gasteiger partial charge in [-0.05, 0) is 69.3 Å². The van der Waals surface area contributed by atoms with Crippen molar-refractivity contribution in [2.75, 3.05) is 25.0 Å². The second kappa shape index (κ2) is 7.41. The number of rotatable bonds is 5. The van der Waals surface area contributed by atoms with Crippen LogP contribution in [0, 0.1) is 0 Å². The van der Waals surface area contributed by atoms with Crippen LogP contribution in [0.15, 0.2) is 48.7 Å². The fraction of sp³-hybridized carbons (Fsp3) is 0.391. The number of fused-ring (bicyclic) bond motifs is 1.